The number of hydrogen-bond acceptors (Lipinski definition) is 2. The van der Waals surface area contributed by atoms with E-state index in [4.69, 9.17) is 16.7 Å². The van der Waals surface area contributed by atoms with Crippen LogP contribution in [0.15, 0.2) is 42.5 Å². The fourth-order valence-electron chi connectivity index (χ4n) is 1.72. The lowest BCUT2D eigenvalue weighted by Gasteiger charge is -2.06. The maximum absolute atomic E-state index is 13.0. The molecule has 0 heterocycles. The first-order valence-corrected chi connectivity index (χ1v) is 6.40. The van der Waals surface area contributed by atoms with Gasteiger partial charge in [0.15, 0.2) is 0 Å². The molecule has 0 fully saturated rings. The zero-order valence-corrected chi connectivity index (χ0v) is 11.5. The van der Waals surface area contributed by atoms with E-state index in [1.165, 1.54) is 12.1 Å². The van der Waals surface area contributed by atoms with Gasteiger partial charge in [0.1, 0.15) is 5.82 Å². The molecule has 2 aromatic carbocycles. The van der Waals surface area contributed by atoms with Crippen LogP contribution < -0.4 is 5.32 Å². The second-order valence-corrected chi connectivity index (χ2v) is 4.76. The SMILES string of the molecule is O=C(O)Cc1ccc(NC(=O)c2ccc(F)c(Cl)c2)cc1. The molecule has 4 nitrogen and oxygen atoms in total. The molecule has 0 radical (unpaired) electrons. The maximum atomic E-state index is 13.0. The Kier molecular flexibility index (Phi) is 4.55. The van der Waals surface area contributed by atoms with E-state index in [2.05, 4.69) is 5.32 Å². The number of carbonyl (C=O) groups excluding carboxylic acids is 1. The number of hydrogen-bond donors (Lipinski definition) is 2. The molecule has 0 bridgehead atoms. The number of carboxylic acid groups (broad SMARTS) is 1. The molecule has 108 valence electrons. The van der Waals surface area contributed by atoms with Crippen molar-refractivity contribution < 1.29 is 19.1 Å². The second kappa shape index (κ2) is 6.37. The summed E-state index contributed by atoms with van der Waals surface area (Å²) in [5, 5.41) is 11.2. The van der Waals surface area contributed by atoms with Gasteiger partial charge in [0, 0.05) is 11.3 Å². The minimum absolute atomic E-state index is 0.0816. The van der Waals surface area contributed by atoms with Gasteiger partial charge < -0.3 is 10.4 Å². The standard InChI is InChI=1S/C15H11ClFNO3/c16-12-8-10(3-6-13(12)17)15(21)18-11-4-1-9(2-5-11)7-14(19)20/h1-6,8H,7H2,(H,18,21)(H,19,20). The molecule has 0 aliphatic rings. The van der Waals surface area contributed by atoms with Crippen LogP contribution in [0.5, 0.6) is 0 Å². The predicted octanol–water partition coefficient (Wildman–Crippen LogP) is 3.36. The summed E-state index contributed by atoms with van der Waals surface area (Å²) in [5.41, 5.74) is 1.37. The molecule has 21 heavy (non-hydrogen) atoms. The van der Waals surface area contributed by atoms with Crippen LogP contribution in [0, 0.1) is 5.82 Å². The maximum Gasteiger partial charge on any atom is 0.307 e. The number of aliphatic carboxylic acids is 1. The third-order valence-corrected chi connectivity index (χ3v) is 3.04. The summed E-state index contributed by atoms with van der Waals surface area (Å²) in [6.45, 7) is 0. The summed E-state index contributed by atoms with van der Waals surface area (Å²) < 4.78 is 13.0. The lowest BCUT2D eigenvalue weighted by atomic mass is 10.1. The molecular weight excluding hydrogens is 297 g/mol. The number of rotatable bonds is 4. The van der Waals surface area contributed by atoms with Crippen molar-refractivity contribution in [1.29, 1.82) is 0 Å². The lowest BCUT2D eigenvalue weighted by Crippen LogP contribution is -2.12. The van der Waals surface area contributed by atoms with E-state index < -0.39 is 17.7 Å². The van der Waals surface area contributed by atoms with E-state index in [9.17, 15) is 14.0 Å². The molecule has 0 aromatic heterocycles. The highest BCUT2D eigenvalue weighted by atomic mass is 35.5. The minimum atomic E-state index is -0.923. The van der Waals surface area contributed by atoms with Gasteiger partial charge in [-0.25, -0.2) is 4.39 Å². The molecule has 6 heteroatoms. The van der Waals surface area contributed by atoms with Crippen molar-refractivity contribution in [3.05, 3.63) is 64.4 Å². The van der Waals surface area contributed by atoms with E-state index in [0.717, 1.165) is 6.07 Å². The number of halogens is 2. The van der Waals surface area contributed by atoms with Crippen molar-refractivity contribution in [1.82, 2.24) is 0 Å². The molecule has 1 amide bonds. The van der Waals surface area contributed by atoms with E-state index in [0.29, 0.717) is 11.3 Å². The Hall–Kier alpha value is -2.40. The van der Waals surface area contributed by atoms with Crippen LogP contribution in [-0.4, -0.2) is 17.0 Å². The van der Waals surface area contributed by atoms with Gasteiger partial charge in [-0.2, -0.15) is 0 Å². The van der Waals surface area contributed by atoms with Crippen molar-refractivity contribution in [2.24, 2.45) is 0 Å². The zero-order valence-electron chi connectivity index (χ0n) is 10.8. The Labute approximate surface area is 125 Å². The highest BCUT2D eigenvalue weighted by Crippen LogP contribution is 2.17. The van der Waals surface area contributed by atoms with Crippen LogP contribution in [0.2, 0.25) is 5.02 Å². The Balaban J connectivity index is 2.08. The summed E-state index contributed by atoms with van der Waals surface area (Å²) >= 11 is 5.62. The van der Waals surface area contributed by atoms with Crippen molar-refractivity contribution >= 4 is 29.2 Å². The van der Waals surface area contributed by atoms with E-state index in [-0.39, 0.29) is 17.0 Å². The number of amides is 1. The number of anilines is 1. The minimum Gasteiger partial charge on any atom is -0.481 e. The number of benzene rings is 2. The van der Waals surface area contributed by atoms with Crippen LogP contribution >= 0.6 is 11.6 Å². The molecule has 2 rings (SSSR count). The highest BCUT2D eigenvalue weighted by Gasteiger charge is 2.09. The number of carboxylic acids is 1. The normalized spacial score (nSPS) is 10.2. The molecule has 0 saturated heterocycles. The summed E-state index contributed by atoms with van der Waals surface area (Å²) in [6, 6.07) is 10.1. The van der Waals surface area contributed by atoms with Gasteiger partial charge >= 0.3 is 5.97 Å². The average molecular weight is 308 g/mol. The molecule has 0 atom stereocenters. The third kappa shape index (κ3) is 4.03. The van der Waals surface area contributed by atoms with Crippen LogP contribution in [0.1, 0.15) is 15.9 Å². The van der Waals surface area contributed by atoms with Crippen LogP contribution in [-0.2, 0) is 11.2 Å². The van der Waals surface area contributed by atoms with Crippen molar-refractivity contribution in [3.63, 3.8) is 0 Å². The molecular formula is C15H11ClFNO3. The van der Waals surface area contributed by atoms with Gasteiger partial charge in [0.2, 0.25) is 0 Å². The van der Waals surface area contributed by atoms with Gasteiger partial charge in [-0.3, -0.25) is 9.59 Å². The fourth-order valence-corrected chi connectivity index (χ4v) is 1.90. The van der Waals surface area contributed by atoms with Crippen molar-refractivity contribution in [3.8, 4) is 0 Å². The van der Waals surface area contributed by atoms with Gasteiger partial charge in [-0.15, -0.1) is 0 Å². The number of carbonyl (C=O) groups is 2. The van der Waals surface area contributed by atoms with Crippen molar-refractivity contribution in [2.75, 3.05) is 5.32 Å². The molecule has 0 spiro atoms. The monoisotopic (exact) mass is 307 g/mol. The number of nitrogens with one attached hydrogen (secondary N) is 1. The molecule has 0 aliphatic heterocycles. The average Bonchev–Trinajstić information content (AvgIpc) is 2.43. The Morgan fingerprint density at radius 1 is 1.14 bits per heavy atom. The molecule has 2 aromatic rings. The van der Waals surface area contributed by atoms with Crippen LogP contribution in [0.4, 0.5) is 10.1 Å². The first-order valence-electron chi connectivity index (χ1n) is 6.03. The van der Waals surface area contributed by atoms with Crippen LogP contribution in [0.3, 0.4) is 0 Å². The van der Waals surface area contributed by atoms with Gasteiger partial charge in [0.05, 0.1) is 11.4 Å². The molecule has 0 unspecified atom stereocenters. The van der Waals surface area contributed by atoms with E-state index in [1.54, 1.807) is 24.3 Å². The predicted molar refractivity (Wildman–Crippen MR) is 77.1 cm³/mol. The van der Waals surface area contributed by atoms with Crippen molar-refractivity contribution in [2.45, 2.75) is 6.42 Å². The molecule has 0 aliphatic carbocycles. The topological polar surface area (TPSA) is 66.4 Å². The Morgan fingerprint density at radius 3 is 2.38 bits per heavy atom. The summed E-state index contributed by atoms with van der Waals surface area (Å²) in [4.78, 5) is 22.5. The molecule has 2 N–H and O–H groups in total. The second-order valence-electron chi connectivity index (χ2n) is 4.35. The largest absolute Gasteiger partial charge is 0.481 e. The molecule has 0 saturated carbocycles. The lowest BCUT2D eigenvalue weighted by molar-refractivity contribution is -0.136. The van der Waals surface area contributed by atoms with E-state index in [1.807, 2.05) is 0 Å². The quantitative estimate of drug-likeness (QED) is 0.910. The van der Waals surface area contributed by atoms with Gasteiger partial charge in [-0.1, -0.05) is 23.7 Å². The summed E-state index contributed by atoms with van der Waals surface area (Å²) in [7, 11) is 0. The zero-order chi connectivity index (χ0) is 15.4. The van der Waals surface area contributed by atoms with Crippen LogP contribution in [0.25, 0.3) is 0 Å². The smallest absolute Gasteiger partial charge is 0.307 e. The van der Waals surface area contributed by atoms with Gasteiger partial charge in [-0.05, 0) is 35.9 Å². The summed E-state index contributed by atoms with van der Waals surface area (Å²) in [6.07, 6.45) is -0.0816. The fraction of sp³-hybridized carbons (Fsp3) is 0.0667. The first-order chi connectivity index (χ1) is 9.95. The third-order valence-electron chi connectivity index (χ3n) is 2.75. The van der Waals surface area contributed by atoms with E-state index >= 15 is 0 Å². The Morgan fingerprint density at radius 2 is 1.81 bits per heavy atom. The first kappa shape index (κ1) is 15.0. The van der Waals surface area contributed by atoms with Gasteiger partial charge in [0.25, 0.3) is 5.91 Å². The Bertz CT molecular complexity index is 686. The highest BCUT2D eigenvalue weighted by molar-refractivity contribution is 6.31. The summed E-state index contributed by atoms with van der Waals surface area (Å²) in [5.74, 6) is -1.94.